The summed E-state index contributed by atoms with van der Waals surface area (Å²) in [6.07, 6.45) is 3.40. The maximum Gasteiger partial charge on any atom is 0.236 e. The Bertz CT molecular complexity index is 714. The Morgan fingerprint density at radius 1 is 1.33 bits per heavy atom. The first kappa shape index (κ1) is 17.0. The van der Waals surface area contributed by atoms with Crippen molar-refractivity contribution < 1.29 is 13.7 Å². The number of piperidine rings is 1. The van der Waals surface area contributed by atoms with E-state index in [4.69, 9.17) is 4.52 Å². The van der Waals surface area contributed by atoms with Crippen molar-refractivity contribution in [1.82, 2.24) is 15.0 Å². The predicted molar refractivity (Wildman–Crippen MR) is 91.0 cm³/mol. The molecule has 5 nitrogen and oxygen atoms in total. The Hall–Kier alpha value is -1.89. The van der Waals surface area contributed by atoms with Crippen LogP contribution in [0.5, 0.6) is 0 Å². The lowest BCUT2D eigenvalue weighted by molar-refractivity contribution is -0.129. The summed E-state index contributed by atoms with van der Waals surface area (Å²) in [6, 6.07) is 4.85. The Kier molecular flexibility index (Phi) is 5.50. The highest BCUT2D eigenvalue weighted by Gasteiger charge is 2.17. The van der Waals surface area contributed by atoms with Gasteiger partial charge in [0.05, 0.1) is 11.5 Å². The number of aryl methyl sites for hydroxylation is 1. The summed E-state index contributed by atoms with van der Waals surface area (Å²) in [5, 5.41) is 3.88. The van der Waals surface area contributed by atoms with E-state index < -0.39 is 0 Å². The molecule has 2 heterocycles. The molecule has 1 saturated heterocycles. The number of carbonyl (C=O) groups excluding carboxylic acids is 1. The molecular weight excluding hydrogens is 329 g/mol. The van der Waals surface area contributed by atoms with Crippen LogP contribution in [0.25, 0.3) is 11.4 Å². The summed E-state index contributed by atoms with van der Waals surface area (Å²) in [4.78, 5) is 18.3. The van der Waals surface area contributed by atoms with E-state index in [-0.39, 0.29) is 11.7 Å². The fraction of sp³-hybridized carbons (Fsp3) is 0.471. The Morgan fingerprint density at radius 3 is 2.88 bits per heavy atom. The number of carbonyl (C=O) groups is 1. The standard InChI is InChI=1S/C17H20FN3O2S/c1-12-5-6-13(9-14(12)18)17-19-15(23-20-17)10-24-11-16(22)21-7-3-2-4-8-21/h5-6,9H,2-4,7-8,10-11H2,1H3. The van der Waals surface area contributed by atoms with Gasteiger partial charge in [-0.15, -0.1) is 11.8 Å². The maximum absolute atomic E-state index is 13.6. The molecule has 128 valence electrons. The number of aromatic nitrogens is 2. The largest absolute Gasteiger partial charge is 0.342 e. The van der Waals surface area contributed by atoms with Crippen LogP contribution in [-0.4, -0.2) is 39.8 Å². The molecule has 0 aliphatic carbocycles. The molecular formula is C17H20FN3O2S. The lowest BCUT2D eigenvalue weighted by atomic mass is 10.1. The molecule has 0 bridgehead atoms. The molecule has 1 aromatic heterocycles. The van der Waals surface area contributed by atoms with Crippen LogP contribution < -0.4 is 0 Å². The average Bonchev–Trinajstić information content (AvgIpc) is 3.07. The molecule has 0 atom stereocenters. The minimum Gasteiger partial charge on any atom is -0.342 e. The summed E-state index contributed by atoms with van der Waals surface area (Å²) in [5.41, 5.74) is 1.16. The van der Waals surface area contributed by atoms with Crippen molar-refractivity contribution in [3.63, 3.8) is 0 Å². The van der Waals surface area contributed by atoms with Gasteiger partial charge in [-0.1, -0.05) is 17.3 Å². The Labute approximate surface area is 144 Å². The van der Waals surface area contributed by atoms with Crippen LogP contribution in [0.15, 0.2) is 22.7 Å². The predicted octanol–water partition coefficient (Wildman–Crippen LogP) is 3.43. The van der Waals surface area contributed by atoms with Gasteiger partial charge in [0, 0.05) is 18.7 Å². The third-order valence-electron chi connectivity index (χ3n) is 4.06. The molecule has 24 heavy (non-hydrogen) atoms. The van der Waals surface area contributed by atoms with Gasteiger partial charge in [0.2, 0.25) is 17.6 Å². The number of hydrogen-bond donors (Lipinski definition) is 0. The highest BCUT2D eigenvalue weighted by atomic mass is 32.2. The molecule has 7 heteroatoms. The van der Waals surface area contributed by atoms with Crippen LogP contribution >= 0.6 is 11.8 Å². The Balaban J connectivity index is 1.52. The fourth-order valence-corrected chi connectivity index (χ4v) is 3.37. The summed E-state index contributed by atoms with van der Waals surface area (Å²) < 4.78 is 18.8. The van der Waals surface area contributed by atoms with Gasteiger partial charge < -0.3 is 9.42 Å². The van der Waals surface area contributed by atoms with E-state index in [0.717, 1.165) is 25.9 Å². The average molecular weight is 349 g/mol. The van der Waals surface area contributed by atoms with E-state index >= 15 is 0 Å². The molecule has 0 radical (unpaired) electrons. The minimum atomic E-state index is -0.291. The second-order valence-electron chi connectivity index (χ2n) is 5.91. The van der Waals surface area contributed by atoms with Gasteiger partial charge in [0.15, 0.2) is 0 Å². The van der Waals surface area contributed by atoms with Crippen LogP contribution in [0.1, 0.15) is 30.7 Å². The lowest BCUT2D eigenvalue weighted by Gasteiger charge is -2.26. The number of likely N-dealkylation sites (tertiary alicyclic amines) is 1. The maximum atomic E-state index is 13.6. The summed E-state index contributed by atoms with van der Waals surface area (Å²) in [6.45, 7) is 3.43. The van der Waals surface area contributed by atoms with Gasteiger partial charge in [-0.2, -0.15) is 4.98 Å². The van der Waals surface area contributed by atoms with Crippen molar-refractivity contribution in [2.45, 2.75) is 31.9 Å². The number of rotatable bonds is 5. The molecule has 0 saturated carbocycles. The normalized spacial score (nSPS) is 14.8. The zero-order chi connectivity index (χ0) is 16.9. The molecule has 1 amide bonds. The van der Waals surface area contributed by atoms with Gasteiger partial charge in [-0.25, -0.2) is 4.39 Å². The minimum absolute atomic E-state index is 0.167. The van der Waals surface area contributed by atoms with Crippen molar-refractivity contribution in [2.75, 3.05) is 18.8 Å². The van der Waals surface area contributed by atoms with Crippen molar-refractivity contribution in [2.24, 2.45) is 0 Å². The van der Waals surface area contributed by atoms with E-state index in [9.17, 15) is 9.18 Å². The van der Waals surface area contributed by atoms with Crippen LogP contribution in [-0.2, 0) is 10.5 Å². The van der Waals surface area contributed by atoms with Gasteiger partial charge in [0.25, 0.3) is 0 Å². The number of nitrogens with zero attached hydrogens (tertiary/aromatic N) is 3. The molecule has 0 unspecified atom stereocenters. The van der Waals surface area contributed by atoms with Crippen LogP contribution in [0.3, 0.4) is 0 Å². The molecule has 1 fully saturated rings. The SMILES string of the molecule is Cc1ccc(-c2noc(CSCC(=O)N3CCCCC3)n2)cc1F. The summed E-state index contributed by atoms with van der Waals surface area (Å²) in [5.74, 6) is 1.58. The third-order valence-corrected chi connectivity index (χ3v) is 4.96. The number of amides is 1. The number of hydrogen-bond acceptors (Lipinski definition) is 5. The fourth-order valence-electron chi connectivity index (χ4n) is 2.62. The molecule has 2 aromatic rings. The van der Waals surface area contributed by atoms with Crippen molar-refractivity contribution in [1.29, 1.82) is 0 Å². The first-order valence-corrected chi connectivity index (χ1v) is 9.23. The van der Waals surface area contributed by atoms with E-state index in [2.05, 4.69) is 10.1 Å². The van der Waals surface area contributed by atoms with Crippen molar-refractivity contribution in [3.8, 4) is 11.4 Å². The van der Waals surface area contributed by atoms with Crippen LogP contribution in [0.2, 0.25) is 0 Å². The zero-order valence-corrected chi connectivity index (χ0v) is 14.4. The number of thioether (sulfide) groups is 1. The van der Waals surface area contributed by atoms with Gasteiger partial charge in [0.1, 0.15) is 5.82 Å². The highest BCUT2D eigenvalue weighted by Crippen LogP contribution is 2.21. The smallest absolute Gasteiger partial charge is 0.236 e. The first-order chi connectivity index (χ1) is 11.6. The number of halogens is 1. The van der Waals surface area contributed by atoms with E-state index in [0.29, 0.717) is 34.3 Å². The molecule has 1 aliphatic heterocycles. The molecule has 0 N–H and O–H groups in total. The van der Waals surface area contributed by atoms with Gasteiger partial charge in [-0.3, -0.25) is 4.79 Å². The number of benzene rings is 1. The second kappa shape index (κ2) is 7.79. The van der Waals surface area contributed by atoms with Crippen LogP contribution in [0, 0.1) is 12.7 Å². The highest BCUT2D eigenvalue weighted by molar-refractivity contribution is 7.99. The quantitative estimate of drug-likeness (QED) is 0.828. The molecule has 1 aromatic carbocycles. The second-order valence-corrected chi connectivity index (χ2v) is 6.90. The summed E-state index contributed by atoms with van der Waals surface area (Å²) in [7, 11) is 0. The summed E-state index contributed by atoms with van der Waals surface area (Å²) >= 11 is 1.46. The molecule has 0 spiro atoms. The van der Waals surface area contributed by atoms with Crippen molar-refractivity contribution in [3.05, 3.63) is 35.5 Å². The zero-order valence-electron chi connectivity index (χ0n) is 13.6. The first-order valence-electron chi connectivity index (χ1n) is 8.08. The third kappa shape index (κ3) is 4.14. The van der Waals surface area contributed by atoms with Crippen LogP contribution in [0.4, 0.5) is 4.39 Å². The van der Waals surface area contributed by atoms with E-state index in [1.165, 1.54) is 24.2 Å². The van der Waals surface area contributed by atoms with Gasteiger partial charge in [-0.05, 0) is 37.8 Å². The van der Waals surface area contributed by atoms with Crippen molar-refractivity contribution >= 4 is 17.7 Å². The monoisotopic (exact) mass is 349 g/mol. The lowest BCUT2D eigenvalue weighted by Crippen LogP contribution is -2.36. The molecule has 1 aliphatic rings. The topological polar surface area (TPSA) is 59.2 Å². The Morgan fingerprint density at radius 2 is 2.12 bits per heavy atom. The molecule has 3 rings (SSSR count). The van der Waals surface area contributed by atoms with Gasteiger partial charge >= 0.3 is 0 Å². The van der Waals surface area contributed by atoms with E-state index in [1.54, 1.807) is 19.1 Å². The van der Waals surface area contributed by atoms with E-state index in [1.807, 2.05) is 4.90 Å².